The van der Waals surface area contributed by atoms with Gasteiger partial charge in [-0.1, -0.05) is 0 Å². The Morgan fingerprint density at radius 2 is 2.28 bits per heavy atom. The fourth-order valence-electron chi connectivity index (χ4n) is 1.86. The van der Waals surface area contributed by atoms with Gasteiger partial charge in [0.15, 0.2) is 0 Å². The Hall–Kier alpha value is -1.66. The standard InChI is InChI=1S/C12H18N4O2/c13-11-10(2-1-3-14-11)12(17)15-4-5-16-6-8-18-9-7-16/h1-3H,4-9H2,(H2,13,14)(H,15,17). The Bertz CT molecular complexity index is 405. The molecule has 1 aliphatic heterocycles. The molecule has 6 nitrogen and oxygen atoms in total. The van der Waals surface area contributed by atoms with Crippen LogP contribution in [0.5, 0.6) is 0 Å². The smallest absolute Gasteiger partial charge is 0.255 e. The van der Waals surface area contributed by atoms with E-state index in [9.17, 15) is 4.79 Å². The van der Waals surface area contributed by atoms with E-state index in [1.165, 1.54) is 0 Å². The summed E-state index contributed by atoms with van der Waals surface area (Å²) in [6.07, 6.45) is 1.57. The number of hydrogen-bond acceptors (Lipinski definition) is 5. The molecule has 2 heterocycles. The van der Waals surface area contributed by atoms with Gasteiger partial charge in [-0.25, -0.2) is 4.98 Å². The molecule has 0 aromatic carbocycles. The summed E-state index contributed by atoms with van der Waals surface area (Å²) < 4.78 is 5.26. The number of ether oxygens (including phenoxy) is 1. The highest BCUT2D eigenvalue weighted by molar-refractivity contribution is 5.98. The van der Waals surface area contributed by atoms with E-state index in [1.807, 2.05) is 0 Å². The van der Waals surface area contributed by atoms with Gasteiger partial charge < -0.3 is 15.8 Å². The number of morpholine rings is 1. The Morgan fingerprint density at radius 3 is 3.00 bits per heavy atom. The van der Waals surface area contributed by atoms with Crippen molar-refractivity contribution in [2.24, 2.45) is 0 Å². The highest BCUT2D eigenvalue weighted by Crippen LogP contribution is 2.05. The predicted octanol–water partition coefficient (Wildman–Crippen LogP) is -0.274. The molecular weight excluding hydrogens is 232 g/mol. The van der Waals surface area contributed by atoms with Crippen molar-refractivity contribution >= 4 is 11.7 Å². The number of rotatable bonds is 4. The van der Waals surface area contributed by atoms with Gasteiger partial charge in [-0.15, -0.1) is 0 Å². The number of nitrogens with one attached hydrogen (secondary N) is 1. The molecule has 1 aliphatic rings. The number of nitrogens with two attached hydrogens (primary N) is 1. The first-order valence-corrected chi connectivity index (χ1v) is 6.06. The van der Waals surface area contributed by atoms with E-state index in [0.717, 1.165) is 32.8 Å². The van der Waals surface area contributed by atoms with E-state index < -0.39 is 0 Å². The lowest BCUT2D eigenvalue weighted by molar-refractivity contribution is 0.0383. The van der Waals surface area contributed by atoms with E-state index >= 15 is 0 Å². The Balaban J connectivity index is 1.76. The Morgan fingerprint density at radius 1 is 1.50 bits per heavy atom. The molecule has 98 valence electrons. The first kappa shape index (κ1) is 12.8. The summed E-state index contributed by atoms with van der Waals surface area (Å²) in [5, 5.41) is 2.85. The monoisotopic (exact) mass is 250 g/mol. The third-order valence-electron chi connectivity index (χ3n) is 2.90. The van der Waals surface area contributed by atoms with Crippen molar-refractivity contribution in [3.8, 4) is 0 Å². The van der Waals surface area contributed by atoms with Crippen molar-refractivity contribution in [1.29, 1.82) is 0 Å². The predicted molar refractivity (Wildman–Crippen MR) is 68.2 cm³/mol. The minimum absolute atomic E-state index is 0.172. The third kappa shape index (κ3) is 3.41. The summed E-state index contributed by atoms with van der Waals surface area (Å²) in [5.74, 6) is 0.0928. The highest BCUT2D eigenvalue weighted by atomic mass is 16.5. The van der Waals surface area contributed by atoms with Crippen LogP contribution in [0.3, 0.4) is 0 Å². The van der Waals surface area contributed by atoms with Crippen molar-refractivity contribution in [3.05, 3.63) is 23.9 Å². The average molecular weight is 250 g/mol. The first-order chi connectivity index (χ1) is 8.77. The van der Waals surface area contributed by atoms with Gasteiger partial charge in [0.05, 0.1) is 18.8 Å². The van der Waals surface area contributed by atoms with Gasteiger partial charge >= 0.3 is 0 Å². The highest BCUT2D eigenvalue weighted by Gasteiger charge is 2.12. The zero-order valence-electron chi connectivity index (χ0n) is 10.3. The van der Waals surface area contributed by atoms with E-state index in [2.05, 4.69) is 15.2 Å². The second kappa shape index (κ2) is 6.32. The summed E-state index contributed by atoms with van der Waals surface area (Å²) >= 11 is 0. The quantitative estimate of drug-likeness (QED) is 0.768. The zero-order valence-corrected chi connectivity index (χ0v) is 10.3. The summed E-state index contributed by atoms with van der Waals surface area (Å²) in [6.45, 7) is 4.81. The number of hydrogen-bond donors (Lipinski definition) is 2. The lowest BCUT2D eigenvalue weighted by Crippen LogP contribution is -2.41. The van der Waals surface area contributed by atoms with E-state index in [1.54, 1.807) is 18.3 Å². The molecule has 0 saturated carbocycles. The molecule has 0 unspecified atom stereocenters. The molecule has 2 rings (SSSR count). The summed E-state index contributed by atoms with van der Waals surface area (Å²) in [6, 6.07) is 3.37. The van der Waals surface area contributed by atoms with Crippen molar-refractivity contribution in [1.82, 2.24) is 15.2 Å². The van der Waals surface area contributed by atoms with Crippen LogP contribution in [-0.4, -0.2) is 55.2 Å². The molecule has 1 aromatic heterocycles. The first-order valence-electron chi connectivity index (χ1n) is 6.06. The summed E-state index contributed by atoms with van der Waals surface area (Å²) in [4.78, 5) is 18.0. The Labute approximate surface area is 106 Å². The second-order valence-electron chi connectivity index (χ2n) is 4.15. The van der Waals surface area contributed by atoms with Crippen molar-refractivity contribution in [2.45, 2.75) is 0 Å². The van der Waals surface area contributed by atoms with Gasteiger partial charge in [0.25, 0.3) is 5.91 Å². The average Bonchev–Trinajstić information content (AvgIpc) is 2.40. The van der Waals surface area contributed by atoms with Crippen LogP contribution < -0.4 is 11.1 Å². The fourth-order valence-corrected chi connectivity index (χ4v) is 1.86. The molecule has 0 spiro atoms. The van der Waals surface area contributed by atoms with Gasteiger partial charge in [0.1, 0.15) is 5.82 Å². The van der Waals surface area contributed by atoms with Crippen LogP contribution >= 0.6 is 0 Å². The topological polar surface area (TPSA) is 80.5 Å². The maximum Gasteiger partial charge on any atom is 0.255 e. The van der Waals surface area contributed by atoms with Gasteiger partial charge in [-0.05, 0) is 12.1 Å². The molecule has 18 heavy (non-hydrogen) atoms. The molecule has 0 bridgehead atoms. The molecule has 1 saturated heterocycles. The number of amides is 1. The van der Waals surface area contributed by atoms with Crippen molar-refractivity contribution in [3.63, 3.8) is 0 Å². The minimum Gasteiger partial charge on any atom is -0.383 e. The molecule has 1 amide bonds. The maximum atomic E-state index is 11.8. The molecule has 0 radical (unpaired) electrons. The third-order valence-corrected chi connectivity index (χ3v) is 2.90. The van der Waals surface area contributed by atoms with Gasteiger partial charge in [0.2, 0.25) is 0 Å². The van der Waals surface area contributed by atoms with Crippen molar-refractivity contribution in [2.75, 3.05) is 45.1 Å². The lowest BCUT2D eigenvalue weighted by atomic mass is 10.2. The largest absolute Gasteiger partial charge is 0.383 e. The van der Waals surface area contributed by atoms with E-state index in [-0.39, 0.29) is 11.7 Å². The van der Waals surface area contributed by atoms with Gasteiger partial charge in [0, 0.05) is 32.4 Å². The number of nitrogen functional groups attached to an aromatic ring is 1. The molecule has 3 N–H and O–H groups in total. The molecule has 1 aromatic rings. The van der Waals surface area contributed by atoms with E-state index in [4.69, 9.17) is 10.5 Å². The number of nitrogens with zero attached hydrogens (tertiary/aromatic N) is 2. The second-order valence-corrected chi connectivity index (χ2v) is 4.15. The molecule has 0 aliphatic carbocycles. The minimum atomic E-state index is -0.172. The lowest BCUT2D eigenvalue weighted by Gasteiger charge is -2.26. The summed E-state index contributed by atoms with van der Waals surface area (Å²) in [5.41, 5.74) is 6.07. The molecule has 1 fully saturated rings. The van der Waals surface area contributed by atoms with Crippen LogP contribution in [0, 0.1) is 0 Å². The number of aromatic nitrogens is 1. The number of carbonyl (C=O) groups excluding carboxylic acids is 1. The molecule has 6 heteroatoms. The molecular formula is C12H18N4O2. The maximum absolute atomic E-state index is 11.8. The van der Waals surface area contributed by atoms with Crippen LogP contribution in [0.1, 0.15) is 10.4 Å². The zero-order chi connectivity index (χ0) is 12.8. The molecule has 0 atom stereocenters. The van der Waals surface area contributed by atoms with Crippen LogP contribution in [0.2, 0.25) is 0 Å². The Kier molecular flexibility index (Phi) is 4.49. The normalized spacial score (nSPS) is 16.4. The van der Waals surface area contributed by atoms with Crippen molar-refractivity contribution < 1.29 is 9.53 Å². The number of carbonyl (C=O) groups is 1. The fraction of sp³-hybridized carbons (Fsp3) is 0.500. The summed E-state index contributed by atoms with van der Waals surface area (Å²) in [7, 11) is 0. The van der Waals surface area contributed by atoms with Crippen LogP contribution in [0.25, 0.3) is 0 Å². The number of anilines is 1. The SMILES string of the molecule is Nc1ncccc1C(=O)NCCN1CCOCC1. The van der Waals surface area contributed by atoms with Gasteiger partial charge in [-0.2, -0.15) is 0 Å². The van der Waals surface area contributed by atoms with Gasteiger partial charge in [-0.3, -0.25) is 9.69 Å². The van der Waals surface area contributed by atoms with Crippen LogP contribution in [-0.2, 0) is 4.74 Å². The number of pyridine rings is 1. The van der Waals surface area contributed by atoms with Crippen LogP contribution in [0.4, 0.5) is 5.82 Å². The van der Waals surface area contributed by atoms with E-state index in [0.29, 0.717) is 12.1 Å². The van der Waals surface area contributed by atoms with Crippen LogP contribution in [0.15, 0.2) is 18.3 Å².